The van der Waals surface area contributed by atoms with Crippen LogP contribution in [0.25, 0.3) is 0 Å². The molecule has 0 N–H and O–H groups in total. The molecule has 1 atom stereocenters. The lowest BCUT2D eigenvalue weighted by molar-refractivity contribution is -0.137. The molecule has 0 aliphatic carbocycles. The van der Waals surface area contributed by atoms with Crippen molar-refractivity contribution in [1.82, 2.24) is 4.90 Å². The van der Waals surface area contributed by atoms with Crippen molar-refractivity contribution in [3.8, 4) is 0 Å². The molecule has 0 saturated carbocycles. The molecule has 3 nitrogen and oxygen atoms in total. The van der Waals surface area contributed by atoms with E-state index in [1.807, 2.05) is 0 Å². The number of nitrogens with zero attached hydrogens (tertiary/aromatic N) is 1. The van der Waals surface area contributed by atoms with Gasteiger partial charge in [-0.2, -0.15) is 13.2 Å². The van der Waals surface area contributed by atoms with E-state index < -0.39 is 11.7 Å². The van der Waals surface area contributed by atoms with Crippen LogP contribution in [0.3, 0.4) is 0 Å². The maximum atomic E-state index is 12.5. The van der Waals surface area contributed by atoms with Gasteiger partial charge in [-0.1, -0.05) is 15.9 Å². The van der Waals surface area contributed by atoms with E-state index in [4.69, 9.17) is 4.74 Å². The molecular weight excluding hydrogens is 339 g/mol. The minimum atomic E-state index is -4.39. The number of benzene rings is 1. The van der Waals surface area contributed by atoms with Crippen LogP contribution in [0.5, 0.6) is 0 Å². The molecule has 0 radical (unpaired) electrons. The summed E-state index contributed by atoms with van der Waals surface area (Å²) in [6.07, 6.45) is -4.47. The maximum absolute atomic E-state index is 12.5. The van der Waals surface area contributed by atoms with Gasteiger partial charge in [-0.15, -0.1) is 0 Å². The molecule has 1 unspecified atom stereocenters. The Hall–Kier alpha value is -1.08. The van der Waals surface area contributed by atoms with E-state index in [2.05, 4.69) is 15.9 Å². The van der Waals surface area contributed by atoms with Crippen LogP contribution >= 0.6 is 15.9 Å². The standard InChI is InChI=1S/C13H13BrF3NO2/c14-7-11-8-18(5-6-20-11)12(19)9-1-3-10(4-2-9)13(15,16)17/h1-4,11H,5-8H2. The van der Waals surface area contributed by atoms with Gasteiger partial charge in [0.1, 0.15) is 0 Å². The number of amides is 1. The smallest absolute Gasteiger partial charge is 0.374 e. The van der Waals surface area contributed by atoms with Gasteiger partial charge in [0.05, 0.1) is 18.3 Å². The third-order valence-electron chi connectivity index (χ3n) is 3.06. The van der Waals surface area contributed by atoms with E-state index in [0.717, 1.165) is 12.1 Å². The fraction of sp³-hybridized carbons (Fsp3) is 0.462. The van der Waals surface area contributed by atoms with Gasteiger partial charge in [-0.05, 0) is 24.3 Å². The van der Waals surface area contributed by atoms with E-state index >= 15 is 0 Å². The molecule has 1 aliphatic rings. The zero-order valence-electron chi connectivity index (χ0n) is 10.5. The van der Waals surface area contributed by atoms with Gasteiger partial charge in [0.25, 0.3) is 5.91 Å². The van der Waals surface area contributed by atoms with Crippen LogP contribution in [0.1, 0.15) is 15.9 Å². The van der Waals surface area contributed by atoms with E-state index in [-0.39, 0.29) is 17.6 Å². The topological polar surface area (TPSA) is 29.5 Å². The van der Waals surface area contributed by atoms with Crippen LogP contribution in [-0.4, -0.2) is 41.9 Å². The molecule has 0 aromatic heterocycles. The molecule has 2 rings (SSSR count). The average molecular weight is 352 g/mol. The van der Waals surface area contributed by atoms with Crippen LogP contribution in [-0.2, 0) is 10.9 Å². The van der Waals surface area contributed by atoms with Crippen LogP contribution in [0, 0.1) is 0 Å². The van der Waals surface area contributed by atoms with Gasteiger partial charge in [0.2, 0.25) is 0 Å². The van der Waals surface area contributed by atoms with E-state index in [0.29, 0.717) is 25.0 Å². The van der Waals surface area contributed by atoms with E-state index in [1.54, 1.807) is 4.90 Å². The van der Waals surface area contributed by atoms with Crippen molar-refractivity contribution in [2.45, 2.75) is 12.3 Å². The van der Waals surface area contributed by atoms with E-state index in [1.165, 1.54) is 12.1 Å². The Morgan fingerprint density at radius 2 is 2.00 bits per heavy atom. The zero-order valence-corrected chi connectivity index (χ0v) is 12.1. The zero-order chi connectivity index (χ0) is 14.8. The number of rotatable bonds is 2. The van der Waals surface area contributed by atoms with Gasteiger partial charge in [0, 0.05) is 24.0 Å². The molecular formula is C13H13BrF3NO2. The van der Waals surface area contributed by atoms with Gasteiger partial charge >= 0.3 is 6.18 Å². The first-order valence-electron chi connectivity index (χ1n) is 6.06. The molecule has 1 fully saturated rings. The Morgan fingerprint density at radius 3 is 2.55 bits per heavy atom. The number of alkyl halides is 4. The highest BCUT2D eigenvalue weighted by Gasteiger charge is 2.31. The summed E-state index contributed by atoms with van der Waals surface area (Å²) in [7, 11) is 0. The Kier molecular flexibility index (Phi) is 4.70. The number of hydrogen-bond donors (Lipinski definition) is 0. The normalized spacial score (nSPS) is 20.0. The Bertz CT molecular complexity index is 475. The van der Waals surface area contributed by atoms with Crippen LogP contribution < -0.4 is 0 Å². The minimum Gasteiger partial charge on any atom is -0.374 e. The van der Waals surface area contributed by atoms with Gasteiger partial charge in [-0.25, -0.2) is 0 Å². The van der Waals surface area contributed by atoms with Crippen LogP contribution in [0.4, 0.5) is 13.2 Å². The summed E-state index contributed by atoms with van der Waals surface area (Å²) in [5.41, 5.74) is -0.498. The molecule has 1 heterocycles. The number of morpholine rings is 1. The van der Waals surface area contributed by atoms with Crippen molar-refractivity contribution in [3.05, 3.63) is 35.4 Å². The Morgan fingerprint density at radius 1 is 1.35 bits per heavy atom. The largest absolute Gasteiger partial charge is 0.416 e. The first-order valence-corrected chi connectivity index (χ1v) is 7.18. The summed E-state index contributed by atoms with van der Waals surface area (Å²) < 4.78 is 42.8. The van der Waals surface area contributed by atoms with Crippen molar-refractivity contribution < 1.29 is 22.7 Å². The second-order valence-electron chi connectivity index (χ2n) is 4.47. The predicted molar refractivity (Wildman–Crippen MR) is 70.9 cm³/mol. The van der Waals surface area contributed by atoms with Crippen LogP contribution in [0.15, 0.2) is 24.3 Å². The monoisotopic (exact) mass is 351 g/mol. The summed E-state index contributed by atoms with van der Waals surface area (Å²) in [6.45, 7) is 1.32. The van der Waals surface area contributed by atoms with Gasteiger partial charge in [-0.3, -0.25) is 4.79 Å². The molecule has 7 heteroatoms. The molecule has 1 aromatic carbocycles. The maximum Gasteiger partial charge on any atom is 0.416 e. The molecule has 110 valence electrons. The average Bonchev–Trinajstić information content (AvgIpc) is 2.46. The molecule has 20 heavy (non-hydrogen) atoms. The summed E-state index contributed by atoms with van der Waals surface area (Å²) in [6, 6.07) is 4.28. The highest BCUT2D eigenvalue weighted by atomic mass is 79.9. The van der Waals surface area contributed by atoms with Crippen molar-refractivity contribution >= 4 is 21.8 Å². The third-order valence-corrected chi connectivity index (χ3v) is 3.78. The number of halogens is 4. The lowest BCUT2D eigenvalue weighted by Gasteiger charge is -2.32. The summed E-state index contributed by atoms with van der Waals surface area (Å²) in [5.74, 6) is -0.270. The van der Waals surface area contributed by atoms with E-state index in [9.17, 15) is 18.0 Å². The lowest BCUT2D eigenvalue weighted by atomic mass is 10.1. The molecule has 1 amide bonds. The van der Waals surface area contributed by atoms with Gasteiger partial charge < -0.3 is 9.64 Å². The van der Waals surface area contributed by atoms with Crippen molar-refractivity contribution in [2.24, 2.45) is 0 Å². The second-order valence-corrected chi connectivity index (χ2v) is 5.12. The highest BCUT2D eigenvalue weighted by molar-refractivity contribution is 9.09. The quantitative estimate of drug-likeness (QED) is 0.766. The minimum absolute atomic E-state index is 0.0813. The number of carbonyl (C=O) groups excluding carboxylic acids is 1. The molecule has 1 saturated heterocycles. The fourth-order valence-corrected chi connectivity index (χ4v) is 2.37. The Labute approximate surface area is 122 Å². The number of ether oxygens (including phenoxy) is 1. The predicted octanol–water partition coefficient (Wildman–Crippen LogP) is 2.94. The van der Waals surface area contributed by atoms with Crippen molar-refractivity contribution in [2.75, 3.05) is 25.0 Å². The molecule has 0 spiro atoms. The first kappa shape index (κ1) is 15.3. The molecule has 0 bridgehead atoms. The number of carbonyl (C=O) groups is 1. The Balaban J connectivity index is 2.09. The lowest BCUT2D eigenvalue weighted by Crippen LogP contribution is -2.46. The first-order chi connectivity index (χ1) is 9.41. The van der Waals surface area contributed by atoms with Crippen molar-refractivity contribution in [1.29, 1.82) is 0 Å². The fourth-order valence-electron chi connectivity index (χ4n) is 1.98. The third kappa shape index (κ3) is 3.52. The highest BCUT2D eigenvalue weighted by Crippen LogP contribution is 2.29. The van der Waals surface area contributed by atoms with Gasteiger partial charge in [0.15, 0.2) is 0 Å². The summed E-state index contributed by atoms with van der Waals surface area (Å²) in [4.78, 5) is 13.8. The van der Waals surface area contributed by atoms with Crippen LogP contribution in [0.2, 0.25) is 0 Å². The molecule has 1 aromatic rings. The molecule has 1 aliphatic heterocycles. The van der Waals surface area contributed by atoms with Crippen molar-refractivity contribution in [3.63, 3.8) is 0 Å². The second kappa shape index (κ2) is 6.13. The summed E-state index contributed by atoms with van der Waals surface area (Å²) >= 11 is 3.29. The SMILES string of the molecule is O=C(c1ccc(C(F)(F)F)cc1)N1CCOC(CBr)C1. The summed E-state index contributed by atoms with van der Waals surface area (Å²) in [5, 5.41) is 0.615. The number of hydrogen-bond acceptors (Lipinski definition) is 2.